The van der Waals surface area contributed by atoms with E-state index in [1.54, 1.807) is 9.80 Å². The maximum atomic E-state index is 14.2. The Morgan fingerprint density at radius 1 is 1.03 bits per heavy atom. The first-order chi connectivity index (χ1) is 17.9. The minimum absolute atomic E-state index is 0.00199. The van der Waals surface area contributed by atoms with Crippen molar-refractivity contribution >= 4 is 17.8 Å². The van der Waals surface area contributed by atoms with Gasteiger partial charge in [-0.15, -0.1) is 0 Å². The van der Waals surface area contributed by atoms with Crippen molar-refractivity contribution in [3.05, 3.63) is 82.1 Å². The van der Waals surface area contributed by atoms with Crippen LogP contribution >= 0.6 is 0 Å². The molecule has 0 unspecified atom stereocenters. The molecule has 0 bridgehead atoms. The summed E-state index contributed by atoms with van der Waals surface area (Å²) >= 11 is 0. The van der Waals surface area contributed by atoms with Crippen LogP contribution in [0.5, 0.6) is 0 Å². The number of carbonyl (C=O) groups excluding carboxylic acids is 3. The third-order valence-electron chi connectivity index (χ3n) is 7.90. The second-order valence-electron chi connectivity index (χ2n) is 10.4. The molecule has 3 aliphatic rings. The number of aryl methyl sites for hydroxylation is 2. The Bertz CT molecular complexity index is 1230. The zero-order valence-electron chi connectivity index (χ0n) is 22.0. The van der Waals surface area contributed by atoms with Gasteiger partial charge in [0.15, 0.2) is 0 Å². The number of urea groups is 1. The van der Waals surface area contributed by atoms with Gasteiger partial charge in [-0.3, -0.25) is 14.5 Å². The van der Waals surface area contributed by atoms with Gasteiger partial charge in [0.1, 0.15) is 6.04 Å². The number of piperidine rings is 1. The number of nitrogens with one attached hydrogen (secondary N) is 1. The van der Waals surface area contributed by atoms with Crippen LogP contribution in [-0.2, 0) is 16.0 Å². The molecule has 3 heterocycles. The van der Waals surface area contributed by atoms with Crippen molar-refractivity contribution in [3.8, 4) is 0 Å². The highest BCUT2D eigenvalue weighted by Gasteiger charge is 2.47. The van der Waals surface area contributed by atoms with Gasteiger partial charge in [-0.2, -0.15) is 0 Å². The van der Waals surface area contributed by atoms with E-state index in [4.69, 9.17) is 0 Å². The molecular formula is C30H36N4O3. The molecular weight excluding hydrogens is 464 g/mol. The monoisotopic (exact) mass is 500 g/mol. The predicted molar refractivity (Wildman–Crippen MR) is 143 cm³/mol. The minimum Gasteiger partial charge on any atom is -0.341 e. The lowest BCUT2D eigenvalue weighted by molar-refractivity contribution is -0.143. The summed E-state index contributed by atoms with van der Waals surface area (Å²) in [5.74, 6) is -0.160. The molecule has 194 valence electrons. The number of hydrogen-bond donors (Lipinski definition) is 1. The van der Waals surface area contributed by atoms with E-state index in [2.05, 4.69) is 11.4 Å². The fraction of sp³-hybridized carbons (Fsp3) is 0.433. The van der Waals surface area contributed by atoms with Crippen molar-refractivity contribution < 1.29 is 14.4 Å². The molecule has 5 rings (SSSR count). The summed E-state index contributed by atoms with van der Waals surface area (Å²) < 4.78 is 0. The van der Waals surface area contributed by atoms with Gasteiger partial charge in [-0.1, -0.05) is 54.1 Å². The fourth-order valence-electron chi connectivity index (χ4n) is 5.98. The van der Waals surface area contributed by atoms with Crippen molar-refractivity contribution in [1.29, 1.82) is 0 Å². The average molecular weight is 501 g/mol. The normalized spacial score (nSPS) is 20.7. The van der Waals surface area contributed by atoms with Crippen LogP contribution in [0.25, 0.3) is 0 Å². The highest BCUT2D eigenvalue weighted by molar-refractivity contribution is 6.03. The van der Waals surface area contributed by atoms with Gasteiger partial charge in [0.25, 0.3) is 5.91 Å². The Hall–Kier alpha value is -3.61. The molecule has 37 heavy (non-hydrogen) atoms. The van der Waals surface area contributed by atoms with E-state index in [0.717, 1.165) is 54.6 Å². The second kappa shape index (κ2) is 10.4. The summed E-state index contributed by atoms with van der Waals surface area (Å²) in [5.41, 5.74) is 5.38. The van der Waals surface area contributed by atoms with Gasteiger partial charge in [0.2, 0.25) is 5.91 Å². The molecule has 4 amide bonds. The zero-order chi connectivity index (χ0) is 26.1. The van der Waals surface area contributed by atoms with Gasteiger partial charge in [-0.25, -0.2) is 4.79 Å². The van der Waals surface area contributed by atoms with Gasteiger partial charge in [0.05, 0.1) is 23.9 Å². The average Bonchev–Trinajstić information content (AvgIpc) is 3.24. The molecule has 7 heteroatoms. The maximum absolute atomic E-state index is 14.2. The van der Waals surface area contributed by atoms with Crippen LogP contribution in [-0.4, -0.2) is 64.8 Å². The van der Waals surface area contributed by atoms with E-state index in [0.29, 0.717) is 24.2 Å². The third kappa shape index (κ3) is 4.75. The summed E-state index contributed by atoms with van der Waals surface area (Å²) in [7, 11) is 0. The molecule has 1 N–H and O–H groups in total. The Morgan fingerprint density at radius 2 is 1.76 bits per heavy atom. The molecule has 0 spiro atoms. The number of nitrogens with zero attached hydrogens (tertiary/aromatic N) is 3. The summed E-state index contributed by atoms with van der Waals surface area (Å²) in [5, 5.41) is 3.08. The highest BCUT2D eigenvalue weighted by atomic mass is 16.2. The first-order valence-corrected chi connectivity index (χ1v) is 13.4. The molecule has 2 atom stereocenters. The van der Waals surface area contributed by atoms with E-state index in [-0.39, 0.29) is 24.4 Å². The lowest BCUT2D eigenvalue weighted by Gasteiger charge is -2.35. The number of likely N-dealkylation sites (N-methyl/N-ethyl adjacent to an activating group) is 1. The van der Waals surface area contributed by atoms with Crippen molar-refractivity contribution in [2.75, 3.05) is 26.2 Å². The molecule has 7 nitrogen and oxygen atoms in total. The van der Waals surface area contributed by atoms with Gasteiger partial charge < -0.3 is 15.1 Å². The molecule has 1 saturated heterocycles. The number of carbonyl (C=O) groups is 3. The molecule has 0 aliphatic carbocycles. The van der Waals surface area contributed by atoms with Crippen LogP contribution in [0.15, 0.2) is 59.8 Å². The highest BCUT2D eigenvalue weighted by Crippen LogP contribution is 2.38. The molecule has 0 saturated carbocycles. The first-order valence-electron chi connectivity index (χ1n) is 13.4. The number of rotatable bonds is 6. The second-order valence-corrected chi connectivity index (χ2v) is 10.4. The Morgan fingerprint density at radius 3 is 2.43 bits per heavy atom. The largest absolute Gasteiger partial charge is 0.341 e. The third-order valence-corrected chi connectivity index (χ3v) is 7.90. The van der Waals surface area contributed by atoms with Crippen LogP contribution < -0.4 is 5.32 Å². The van der Waals surface area contributed by atoms with E-state index in [1.165, 1.54) is 0 Å². The number of hydrogen-bond acceptors (Lipinski definition) is 3. The molecule has 1 fully saturated rings. The van der Waals surface area contributed by atoms with Crippen molar-refractivity contribution in [3.63, 3.8) is 0 Å². The minimum atomic E-state index is -0.618. The number of likely N-dealkylation sites (tertiary alicyclic amines) is 1. The quantitative estimate of drug-likeness (QED) is 0.649. The van der Waals surface area contributed by atoms with Crippen LogP contribution in [0.4, 0.5) is 4.79 Å². The Kier molecular flexibility index (Phi) is 7.04. The lowest BCUT2D eigenvalue weighted by atomic mass is 9.91. The standard InChI is InChI=1S/C30H36N4O3/c1-4-33-25-19-34(24(18-22-11-7-5-8-12-22)28(35)32-15-9-6-10-16-32)29(36)26(25)27(31-30(33)37)23-14-13-20(2)17-21(23)3/h5,7-8,11-14,17,24,27H,4,6,9-10,15-16,18-19H2,1-3H3,(H,31,37)/t24-,27-/m1/s1. The topological polar surface area (TPSA) is 73.0 Å². The number of amides is 4. The summed E-state index contributed by atoms with van der Waals surface area (Å²) in [6.45, 7) is 8.12. The fourth-order valence-corrected chi connectivity index (χ4v) is 5.98. The van der Waals surface area contributed by atoms with Crippen LogP contribution in [0, 0.1) is 13.8 Å². The van der Waals surface area contributed by atoms with Crippen LogP contribution in [0.3, 0.4) is 0 Å². The first kappa shape index (κ1) is 25.1. The van der Waals surface area contributed by atoms with Gasteiger partial charge in [-0.05, 0) is 56.7 Å². The molecule has 2 aromatic rings. The molecule has 3 aliphatic heterocycles. The SMILES string of the molecule is CCN1C(=O)N[C@H](c2ccc(C)cc2C)C2=C1CN([C@H](Cc1ccccc1)C(=O)N1CCCCC1)C2=O. The maximum Gasteiger partial charge on any atom is 0.322 e. The van der Waals surface area contributed by atoms with E-state index >= 15 is 0 Å². The summed E-state index contributed by atoms with van der Waals surface area (Å²) in [4.78, 5) is 46.6. The van der Waals surface area contributed by atoms with Crippen molar-refractivity contribution in [2.24, 2.45) is 0 Å². The van der Waals surface area contributed by atoms with Crippen LogP contribution in [0.1, 0.15) is 54.5 Å². The lowest BCUT2D eigenvalue weighted by Crippen LogP contribution is -2.52. The molecule has 0 aromatic heterocycles. The van der Waals surface area contributed by atoms with E-state index in [1.807, 2.05) is 68.1 Å². The van der Waals surface area contributed by atoms with Crippen molar-refractivity contribution in [2.45, 2.75) is 58.5 Å². The Labute approximate surface area is 219 Å². The smallest absolute Gasteiger partial charge is 0.322 e. The van der Waals surface area contributed by atoms with E-state index < -0.39 is 12.1 Å². The van der Waals surface area contributed by atoms with Gasteiger partial charge in [0, 0.05) is 26.1 Å². The predicted octanol–water partition coefficient (Wildman–Crippen LogP) is 4.11. The van der Waals surface area contributed by atoms with Crippen molar-refractivity contribution in [1.82, 2.24) is 20.0 Å². The van der Waals surface area contributed by atoms with Gasteiger partial charge >= 0.3 is 6.03 Å². The summed E-state index contributed by atoms with van der Waals surface area (Å²) in [6, 6.07) is 14.6. The number of benzene rings is 2. The molecule has 0 radical (unpaired) electrons. The molecule has 2 aromatic carbocycles. The van der Waals surface area contributed by atoms with Crippen LogP contribution in [0.2, 0.25) is 0 Å². The zero-order valence-corrected chi connectivity index (χ0v) is 22.0. The van der Waals surface area contributed by atoms with E-state index in [9.17, 15) is 14.4 Å². The Balaban J connectivity index is 1.53. The summed E-state index contributed by atoms with van der Waals surface area (Å²) in [6.07, 6.45) is 3.55.